The minimum absolute atomic E-state index is 0.0844. The van der Waals surface area contributed by atoms with Crippen LogP contribution in [-0.4, -0.2) is 28.1 Å². The molecule has 25 heavy (non-hydrogen) atoms. The van der Waals surface area contributed by atoms with E-state index < -0.39 is 23.9 Å². The van der Waals surface area contributed by atoms with E-state index in [-0.39, 0.29) is 23.6 Å². The van der Waals surface area contributed by atoms with E-state index >= 15 is 0 Å². The third kappa shape index (κ3) is 3.73. The number of H-pyrrole nitrogens is 1. The highest BCUT2D eigenvalue weighted by Crippen LogP contribution is 2.37. The van der Waals surface area contributed by atoms with Crippen molar-refractivity contribution in [2.24, 2.45) is 5.10 Å². The Morgan fingerprint density at radius 2 is 2.12 bits per heavy atom. The molecule has 0 spiro atoms. The summed E-state index contributed by atoms with van der Waals surface area (Å²) in [4.78, 5) is 11.1. The van der Waals surface area contributed by atoms with Crippen molar-refractivity contribution in [3.63, 3.8) is 0 Å². The van der Waals surface area contributed by atoms with Crippen molar-refractivity contribution in [2.45, 2.75) is 25.8 Å². The van der Waals surface area contributed by atoms with Crippen molar-refractivity contribution < 1.29 is 27.4 Å². The van der Waals surface area contributed by atoms with Gasteiger partial charge in [0.25, 0.3) is 0 Å². The van der Waals surface area contributed by atoms with Crippen molar-refractivity contribution in [3.05, 3.63) is 47.3 Å². The van der Waals surface area contributed by atoms with E-state index in [4.69, 9.17) is 9.47 Å². The molecule has 0 saturated carbocycles. The van der Waals surface area contributed by atoms with E-state index in [2.05, 4.69) is 20.7 Å². The molecule has 0 unspecified atom stereocenters. The Morgan fingerprint density at radius 1 is 1.32 bits per heavy atom. The number of nitrogens with one attached hydrogen (secondary N) is 2. The van der Waals surface area contributed by atoms with Gasteiger partial charge in [-0.3, -0.25) is 5.10 Å². The largest absolute Gasteiger partial charge is 0.487 e. The van der Waals surface area contributed by atoms with Gasteiger partial charge in [0.15, 0.2) is 0 Å². The van der Waals surface area contributed by atoms with Crippen molar-refractivity contribution >= 4 is 11.8 Å². The van der Waals surface area contributed by atoms with Gasteiger partial charge in [-0.05, 0) is 31.2 Å². The molecule has 10 heteroatoms. The zero-order valence-electron chi connectivity index (χ0n) is 12.9. The smallest absolute Gasteiger partial charge is 0.428 e. The Hall–Kier alpha value is -3.04. The minimum atomic E-state index is -4.62. The number of hydrogen-bond acceptors (Lipinski definition) is 5. The van der Waals surface area contributed by atoms with Crippen LogP contribution in [0.3, 0.4) is 0 Å². The monoisotopic (exact) mass is 354 g/mol. The molecule has 1 aliphatic rings. The van der Waals surface area contributed by atoms with Crippen LogP contribution in [0.1, 0.15) is 23.7 Å². The molecule has 1 aliphatic heterocycles. The van der Waals surface area contributed by atoms with Gasteiger partial charge in [0.05, 0.1) is 11.3 Å². The van der Waals surface area contributed by atoms with Crippen LogP contribution in [0.2, 0.25) is 0 Å². The summed E-state index contributed by atoms with van der Waals surface area (Å²) in [6, 6.07) is 5.15. The molecule has 0 bridgehead atoms. The van der Waals surface area contributed by atoms with E-state index in [1.165, 1.54) is 25.3 Å². The Labute approximate surface area is 139 Å². The summed E-state index contributed by atoms with van der Waals surface area (Å²) < 4.78 is 50.3. The second-order valence-corrected chi connectivity index (χ2v) is 5.24. The Morgan fingerprint density at radius 3 is 2.76 bits per heavy atom. The molecule has 2 aromatic rings. The SMILES string of the molecule is C[C@@H]1OC(=O)NN=C1c1ccc(OCc2ccn[nH]2)c(C(F)(F)F)c1. The number of cyclic esters (lactones) is 1. The molecule has 1 atom stereocenters. The third-order valence-corrected chi connectivity index (χ3v) is 3.46. The van der Waals surface area contributed by atoms with Gasteiger partial charge in [-0.15, -0.1) is 0 Å². The van der Waals surface area contributed by atoms with Gasteiger partial charge in [-0.2, -0.15) is 23.4 Å². The number of halogens is 3. The van der Waals surface area contributed by atoms with E-state index in [1.54, 1.807) is 6.07 Å². The molecule has 0 aliphatic carbocycles. The molecule has 0 fully saturated rings. The normalized spacial score (nSPS) is 17.5. The van der Waals surface area contributed by atoms with Crippen molar-refractivity contribution in [3.8, 4) is 5.75 Å². The first-order valence-electron chi connectivity index (χ1n) is 7.21. The zero-order chi connectivity index (χ0) is 18.0. The fraction of sp³-hybridized carbons (Fsp3) is 0.267. The molecular formula is C15H13F3N4O3. The molecule has 0 radical (unpaired) electrons. The summed E-state index contributed by atoms with van der Waals surface area (Å²) in [7, 11) is 0. The van der Waals surface area contributed by atoms with Gasteiger partial charge in [0.1, 0.15) is 24.2 Å². The molecule has 132 valence electrons. The number of carbonyl (C=O) groups is 1. The predicted molar refractivity (Wildman–Crippen MR) is 80.0 cm³/mol. The lowest BCUT2D eigenvalue weighted by Gasteiger charge is -2.21. The maximum Gasteiger partial charge on any atom is 0.428 e. The minimum Gasteiger partial charge on any atom is -0.487 e. The van der Waals surface area contributed by atoms with Crippen LogP contribution in [-0.2, 0) is 17.5 Å². The van der Waals surface area contributed by atoms with Crippen LogP contribution < -0.4 is 10.2 Å². The van der Waals surface area contributed by atoms with E-state index in [1.807, 2.05) is 0 Å². The van der Waals surface area contributed by atoms with Crippen LogP contribution in [0.15, 0.2) is 35.6 Å². The molecule has 3 rings (SSSR count). The van der Waals surface area contributed by atoms with Gasteiger partial charge in [0.2, 0.25) is 0 Å². The second kappa shape index (κ2) is 6.46. The number of carbonyl (C=O) groups excluding carboxylic acids is 1. The Kier molecular flexibility index (Phi) is 4.34. The van der Waals surface area contributed by atoms with Crippen LogP contribution in [0.25, 0.3) is 0 Å². The van der Waals surface area contributed by atoms with Gasteiger partial charge in [-0.25, -0.2) is 10.2 Å². The molecule has 0 saturated heterocycles. The van der Waals surface area contributed by atoms with Crippen molar-refractivity contribution in [1.29, 1.82) is 0 Å². The average Bonchev–Trinajstić information content (AvgIpc) is 3.05. The van der Waals surface area contributed by atoms with Gasteiger partial charge < -0.3 is 9.47 Å². The third-order valence-electron chi connectivity index (χ3n) is 3.46. The van der Waals surface area contributed by atoms with E-state index in [9.17, 15) is 18.0 Å². The summed E-state index contributed by atoms with van der Waals surface area (Å²) in [5.74, 6) is -0.320. The molecule has 1 amide bonds. The topological polar surface area (TPSA) is 88.6 Å². The van der Waals surface area contributed by atoms with Crippen LogP contribution in [0, 0.1) is 0 Å². The number of aromatic amines is 1. The van der Waals surface area contributed by atoms with Crippen LogP contribution in [0.4, 0.5) is 18.0 Å². The van der Waals surface area contributed by atoms with Crippen molar-refractivity contribution in [2.75, 3.05) is 0 Å². The molecule has 2 heterocycles. The number of alkyl halides is 3. The van der Waals surface area contributed by atoms with Crippen LogP contribution >= 0.6 is 0 Å². The zero-order valence-corrected chi connectivity index (χ0v) is 12.9. The molecule has 1 aromatic heterocycles. The first-order chi connectivity index (χ1) is 11.8. The standard InChI is InChI=1S/C15H13F3N4O3/c1-8-13(21-22-14(23)25-8)9-2-3-12(11(6-9)15(16,17)18)24-7-10-4-5-19-20-10/h2-6,8H,7H2,1H3,(H,19,20)(H,22,23)/t8-/m0/s1. The lowest BCUT2D eigenvalue weighted by Crippen LogP contribution is -2.37. The quantitative estimate of drug-likeness (QED) is 0.884. The highest BCUT2D eigenvalue weighted by Gasteiger charge is 2.36. The predicted octanol–water partition coefficient (Wildman–Crippen LogP) is 2.84. The van der Waals surface area contributed by atoms with Gasteiger partial charge >= 0.3 is 12.3 Å². The summed E-state index contributed by atoms with van der Waals surface area (Å²) >= 11 is 0. The summed E-state index contributed by atoms with van der Waals surface area (Å²) in [6.45, 7) is 1.44. The maximum absolute atomic E-state index is 13.4. The second-order valence-electron chi connectivity index (χ2n) is 5.24. The summed E-state index contributed by atoms with van der Waals surface area (Å²) in [5.41, 5.74) is 2.03. The number of hydrogen-bond donors (Lipinski definition) is 2. The van der Waals surface area contributed by atoms with Crippen molar-refractivity contribution in [1.82, 2.24) is 15.6 Å². The fourth-order valence-corrected chi connectivity index (χ4v) is 2.30. The van der Waals surface area contributed by atoms with Gasteiger partial charge in [-0.1, -0.05) is 0 Å². The molecule has 7 nitrogen and oxygen atoms in total. The number of rotatable bonds is 4. The average molecular weight is 354 g/mol. The maximum atomic E-state index is 13.4. The number of benzene rings is 1. The fourth-order valence-electron chi connectivity index (χ4n) is 2.30. The highest BCUT2D eigenvalue weighted by atomic mass is 19.4. The van der Waals surface area contributed by atoms with Gasteiger partial charge in [0, 0.05) is 11.8 Å². The summed E-state index contributed by atoms with van der Waals surface area (Å²) in [5, 5.41) is 10.1. The lowest BCUT2D eigenvalue weighted by molar-refractivity contribution is -0.139. The lowest BCUT2D eigenvalue weighted by atomic mass is 10.0. The first-order valence-corrected chi connectivity index (χ1v) is 7.21. The molecule has 1 aromatic carbocycles. The molecule has 2 N–H and O–H groups in total. The number of hydrazone groups is 1. The number of aromatic nitrogens is 2. The van der Waals surface area contributed by atoms with Crippen LogP contribution in [0.5, 0.6) is 5.75 Å². The molecular weight excluding hydrogens is 341 g/mol. The Balaban J connectivity index is 1.91. The number of amides is 1. The van der Waals surface area contributed by atoms with E-state index in [0.717, 1.165) is 6.07 Å². The Bertz CT molecular complexity index is 803. The van der Waals surface area contributed by atoms with E-state index in [0.29, 0.717) is 5.69 Å². The highest BCUT2D eigenvalue weighted by molar-refractivity contribution is 6.06. The number of ether oxygens (including phenoxy) is 2. The number of nitrogens with zero attached hydrogens (tertiary/aromatic N) is 2. The summed E-state index contributed by atoms with van der Waals surface area (Å²) in [6.07, 6.45) is -4.68. The first kappa shape index (κ1) is 16.8.